The van der Waals surface area contributed by atoms with Gasteiger partial charge in [-0.3, -0.25) is 0 Å². The van der Waals surface area contributed by atoms with Crippen molar-refractivity contribution in [3.63, 3.8) is 0 Å². The third-order valence-electron chi connectivity index (χ3n) is 1.38. The van der Waals surface area contributed by atoms with Crippen LogP contribution in [-0.2, 0) is 0 Å². The van der Waals surface area contributed by atoms with Crippen molar-refractivity contribution in [2.75, 3.05) is 5.88 Å². The van der Waals surface area contributed by atoms with E-state index in [1.165, 1.54) is 12.1 Å². The molecule has 1 rings (SSSR count). The van der Waals surface area contributed by atoms with E-state index in [1.54, 1.807) is 12.1 Å². The summed E-state index contributed by atoms with van der Waals surface area (Å²) in [5.41, 5.74) is 0.514. The predicted octanol–water partition coefficient (Wildman–Crippen LogP) is 2.10. The lowest BCUT2D eigenvalue weighted by Gasteiger charge is -2.05. The summed E-state index contributed by atoms with van der Waals surface area (Å²) in [7, 11) is 0. The molecule has 1 aromatic rings. The number of benzene rings is 1. The molecule has 1 nitrogen and oxygen atoms in total. The maximum atomic E-state index is 12.5. The highest BCUT2D eigenvalue weighted by atomic mass is 35.5. The number of hydrogen-bond acceptors (Lipinski definition) is 1. The van der Waals surface area contributed by atoms with E-state index in [1.807, 2.05) is 0 Å². The molecule has 0 spiro atoms. The molecule has 60 valence electrons. The monoisotopic (exact) mass is 174 g/mol. The lowest BCUT2D eigenvalue weighted by Crippen LogP contribution is -1.98. The number of aliphatic hydroxyl groups is 1. The van der Waals surface area contributed by atoms with E-state index in [-0.39, 0.29) is 11.7 Å². The second kappa shape index (κ2) is 3.69. The van der Waals surface area contributed by atoms with Crippen LogP contribution in [0.1, 0.15) is 11.7 Å². The minimum absolute atomic E-state index is 0.0868. The molecule has 0 saturated heterocycles. The summed E-state index contributed by atoms with van der Waals surface area (Å²) in [6.45, 7) is 0. The Labute approximate surface area is 69.4 Å². The average molecular weight is 175 g/mol. The van der Waals surface area contributed by atoms with Gasteiger partial charge in [0, 0.05) is 0 Å². The predicted molar refractivity (Wildman–Crippen MR) is 42.1 cm³/mol. The van der Waals surface area contributed by atoms with E-state index in [0.717, 1.165) is 0 Å². The van der Waals surface area contributed by atoms with Gasteiger partial charge in [-0.2, -0.15) is 0 Å². The summed E-state index contributed by atoms with van der Waals surface area (Å²) in [5.74, 6) is -0.268. The summed E-state index contributed by atoms with van der Waals surface area (Å²) >= 11 is 5.37. The van der Waals surface area contributed by atoms with E-state index >= 15 is 0 Å². The molecule has 11 heavy (non-hydrogen) atoms. The summed E-state index contributed by atoms with van der Waals surface area (Å²) in [6, 6.07) is 5.77. The lowest BCUT2D eigenvalue weighted by molar-refractivity contribution is 0.202. The molecular formula is C8H8ClFO. The minimum atomic E-state index is -0.771. The van der Waals surface area contributed by atoms with Crippen LogP contribution in [0.2, 0.25) is 0 Å². The van der Waals surface area contributed by atoms with Gasteiger partial charge in [0.25, 0.3) is 0 Å². The van der Waals surface area contributed by atoms with Crippen molar-refractivity contribution >= 4 is 11.6 Å². The molecule has 0 aliphatic heterocycles. The van der Waals surface area contributed by atoms with Crippen LogP contribution in [0.5, 0.6) is 0 Å². The Kier molecular flexibility index (Phi) is 2.85. The normalized spacial score (nSPS) is 13.0. The van der Waals surface area contributed by atoms with E-state index in [0.29, 0.717) is 5.56 Å². The van der Waals surface area contributed by atoms with Gasteiger partial charge in [-0.15, -0.1) is 11.6 Å². The maximum absolute atomic E-state index is 12.5. The van der Waals surface area contributed by atoms with Gasteiger partial charge in [0.05, 0.1) is 12.0 Å². The third-order valence-corrected chi connectivity index (χ3v) is 1.67. The summed E-state index contributed by atoms with van der Waals surface area (Å²) in [6.07, 6.45) is -0.771. The quantitative estimate of drug-likeness (QED) is 0.681. The fourth-order valence-corrected chi connectivity index (χ4v) is 0.981. The van der Waals surface area contributed by atoms with E-state index in [4.69, 9.17) is 16.7 Å². The smallest absolute Gasteiger partial charge is 0.123 e. The van der Waals surface area contributed by atoms with Gasteiger partial charge in [0.15, 0.2) is 0 Å². The molecule has 0 radical (unpaired) electrons. The molecule has 0 bridgehead atoms. The first-order valence-corrected chi connectivity index (χ1v) is 3.77. The molecule has 0 aliphatic carbocycles. The van der Waals surface area contributed by atoms with Crippen LogP contribution >= 0.6 is 11.6 Å². The second-order valence-corrected chi connectivity index (χ2v) is 2.53. The number of alkyl halides is 1. The van der Waals surface area contributed by atoms with Gasteiger partial charge < -0.3 is 5.11 Å². The van der Waals surface area contributed by atoms with Crippen molar-refractivity contribution in [3.05, 3.63) is 35.6 Å². The van der Waals surface area contributed by atoms with E-state index in [9.17, 15) is 4.39 Å². The fourth-order valence-electron chi connectivity index (χ4n) is 0.803. The highest BCUT2D eigenvalue weighted by Crippen LogP contribution is 2.14. The molecule has 0 heterocycles. The number of aliphatic hydroxyl groups excluding tert-OH is 1. The largest absolute Gasteiger partial charge is 0.387 e. The summed E-state index contributed by atoms with van der Waals surface area (Å²) < 4.78 is 12.5. The fraction of sp³-hybridized carbons (Fsp3) is 0.250. The summed E-state index contributed by atoms with van der Waals surface area (Å²) in [4.78, 5) is 0. The van der Waals surface area contributed by atoms with Crippen molar-refractivity contribution in [1.29, 1.82) is 0 Å². The van der Waals surface area contributed by atoms with Crippen molar-refractivity contribution in [2.45, 2.75) is 6.10 Å². The standard InChI is InChI=1S/C8H8ClFO/c9-5-8(11)6-2-1-3-7(10)4-6/h1-4,8,11H,5H2. The van der Waals surface area contributed by atoms with E-state index in [2.05, 4.69) is 0 Å². The Morgan fingerprint density at radius 3 is 2.82 bits per heavy atom. The highest BCUT2D eigenvalue weighted by Gasteiger charge is 2.05. The zero-order valence-electron chi connectivity index (χ0n) is 5.80. The van der Waals surface area contributed by atoms with Gasteiger partial charge in [-0.1, -0.05) is 12.1 Å². The van der Waals surface area contributed by atoms with Crippen LogP contribution in [0.4, 0.5) is 4.39 Å². The first-order chi connectivity index (χ1) is 5.24. The minimum Gasteiger partial charge on any atom is -0.387 e. The Hall–Kier alpha value is -0.600. The van der Waals surface area contributed by atoms with E-state index < -0.39 is 6.10 Å². The Morgan fingerprint density at radius 1 is 1.55 bits per heavy atom. The Morgan fingerprint density at radius 2 is 2.27 bits per heavy atom. The second-order valence-electron chi connectivity index (χ2n) is 2.23. The topological polar surface area (TPSA) is 20.2 Å². The van der Waals surface area contributed by atoms with Crippen LogP contribution in [0.15, 0.2) is 24.3 Å². The van der Waals surface area contributed by atoms with Crippen molar-refractivity contribution < 1.29 is 9.50 Å². The molecule has 1 unspecified atom stereocenters. The maximum Gasteiger partial charge on any atom is 0.123 e. The Bertz CT molecular complexity index is 239. The first kappa shape index (κ1) is 8.50. The van der Waals surface area contributed by atoms with Gasteiger partial charge in [0.2, 0.25) is 0 Å². The van der Waals surface area contributed by atoms with Crippen LogP contribution in [0.3, 0.4) is 0 Å². The van der Waals surface area contributed by atoms with Crippen molar-refractivity contribution in [3.8, 4) is 0 Å². The lowest BCUT2D eigenvalue weighted by atomic mass is 10.1. The third kappa shape index (κ3) is 2.17. The van der Waals surface area contributed by atoms with Gasteiger partial charge in [0.1, 0.15) is 5.82 Å². The SMILES string of the molecule is OC(CCl)c1cccc(F)c1. The summed E-state index contributed by atoms with van der Waals surface area (Å²) in [5, 5.41) is 9.16. The van der Waals surface area contributed by atoms with Crippen molar-refractivity contribution in [2.24, 2.45) is 0 Å². The van der Waals surface area contributed by atoms with Crippen molar-refractivity contribution in [1.82, 2.24) is 0 Å². The molecule has 0 aromatic heterocycles. The average Bonchev–Trinajstić information content (AvgIpc) is 2.03. The number of hydrogen-bond donors (Lipinski definition) is 1. The molecular weight excluding hydrogens is 167 g/mol. The molecule has 1 atom stereocenters. The van der Waals surface area contributed by atoms with Crippen LogP contribution in [0, 0.1) is 5.82 Å². The zero-order valence-corrected chi connectivity index (χ0v) is 6.55. The number of rotatable bonds is 2. The highest BCUT2D eigenvalue weighted by molar-refractivity contribution is 6.18. The molecule has 1 N–H and O–H groups in total. The van der Waals surface area contributed by atoms with Gasteiger partial charge in [-0.25, -0.2) is 4.39 Å². The van der Waals surface area contributed by atoms with Crippen LogP contribution in [-0.4, -0.2) is 11.0 Å². The van der Waals surface area contributed by atoms with Gasteiger partial charge >= 0.3 is 0 Å². The first-order valence-electron chi connectivity index (χ1n) is 3.23. The molecule has 0 saturated carbocycles. The van der Waals surface area contributed by atoms with Crippen LogP contribution in [0.25, 0.3) is 0 Å². The molecule has 0 aliphatic rings. The molecule has 1 aromatic carbocycles. The molecule has 0 amide bonds. The molecule has 0 fully saturated rings. The van der Waals surface area contributed by atoms with Crippen LogP contribution < -0.4 is 0 Å². The molecule has 3 heteroatoms. The Balaban J connectivity index is 2.86. The zero-order chi connectivity index (χ0) is 8.27. The number of halogens is 2. The van der Waals surface area contributed by atoms with Gasteiger partial charge in [-0.05, 0) is 17.7 Å².